The van der Waals surface area contributed by atoms with Crippen LogP contribution in [0.1, 0.15) is 15.9 Å². The topological polar surface area (TPSA) is 313 Å². The lowest BCUT2D eigenvalue weighted by Gasteiger charge is -2.19. The molecule has 0 bridgehead atoms. The summed E-state index contributed by atoms with van der Waals surface area (Å²) >= 11 is 6.14. The van der Waals surface area contributed by atoms with Gasteiger partial charge in [0.1, 0.15) is 14.7 Å². The summed E-state index contributed by atoms with van der Waals surface area (Å²) in [6, 6.07) is 15.2. The van der Waals surface area contributed by atoms with Gasteiger partial charge in [0.2, 0.25) is 23.0 Å². The fourth-order valence-corrected chi connectivity index (χ4v) is 8.09. The highest BCUT2D eigenvalue weighted by Crippen LogP contribution is 2.35. The maximum atomic E-state index is 13.7. The van der Waals surface area contributed by atoms with Crippen molar-refractivity contribution in [1.82, 2.24) is 15.0 Å². The molecule has 0 radical (unpaired) electrons. The molecule has 6 rings (SSSR count). The Labute approximate surface area is 316 Å². The van der Waals surface area contributed by atoms with Gasteiger partial charge < -0.3 is 10.2 Å². The van der Waals surface area contributed by atoms with Crippen LogP contribution >= 0.6 is 11.6 Å². The van der Waals surface area contributed by atoms with E-state index >= 15 is 0 Å². The first-order valence-corrected chi connectivity index (χ1v) is 20.9. The number of nitrogens with zero attached hydrogens (tertiary/aromatic N) is 5. The Morgan fingerprint density at radius 1 is 0.745 bits per heavy atom. The number of benzene rings is 4. The number of nitrogens with one attached hydrogen (secondary N) is 2. The summed E-state index contributed by atoms with van der Waals surface area (Å²) in [5.41, 5.74) is 0.971. The number of carbonyl (C=O) groups is 1. The number of hydrogen-bond acceptors (Lipinski definition) is 16. The summed E-state index contributed by atoms with van der Waals surface area (Å²) in [6.45, 7) is 0. The molecule has 4 aromatic carbocycles. The number of rotatable bonds is 10. The highest BCUT2D eigenvalue weighted by Gasteiger charge is 2.33. The predicted molar refractivity (Wildman–Crippen MR) is 197 cm³/mol. The first kappa shape index (κ1) is 39.3. The van der Waals surface area contributed by atoms with Crippen molar-refractivity contribution in [3.05, 3.63) is 94.1 Å². The summed E-state index contributed by atoms with van der Waals surface area (Å²) < 4.78 is 137. The molecule has 25 heteroatoms. The third-order valence-corrected chi connectivity index (χ3v) is 11.4. The second kappa shape index (κ2) is 14.0. The number of hydrazone groups is 1. The van der Waals surface area contributed by atoms with Crippen LogP contribution in [0.4, 0.5) is 29.0 Å². The summed E-state index contributed by atoms with van der Waals surface area (Å²) in [5.74, 6) is -1.00. The largest absolute Gasteiger partial charge is 0.324 e. The van der Waals surface area contributed by atoms with Gasteiger partial charge in [-0.25, -0.2) is 0 Å². The number of aromatic nitrogens is 3. The van der Waals surface area contributed by atoms with E-state index in [1.165, 1.54) is 18.2 Å². The van der Waals surface area contributed by atoms with Crippen LogP contribution in [-0.4, -0.2) is 85.4 Å². The minimum Gasteiger partial charge on any atom is -0.324 e. The van der Waals surface area contributed by atoms with Gasteiger partial charge in [-0.1, -0.05) is 18.2 Å². The van der Waals surface area contributed by atoms with Crippen LogP contribution in [-0.2, 0) is 40.5 Å². The molecule has 1 heterocycles. The van der Waals surface area contributed by atoms with Crippen LogP contribution in [0.3, 0.4) is 0 Å². The Balaban J connectivity index is 1.41. The third-order valence-electron chi connectivity index (χ3n) is 7.74. The lowest BCUT2D eigenvalue weighted by molar-refractivity contribution is 0.106. The summed E-state index contributed by atoms with van der Waals surface area (Å²) in [7, 11) is -19.3. The van der Waals surface area contributed by atoms with Gasteiger partial charge in [-0.3, -0.25) is 28.4 Å². The molecule has 20 nitrogen and oxygen atoms in total. The second-order valence-corrected chi connectivity index (χ2v) is 17.3. The quantitative estimate of drug-likeness (QED) is 0.0859. The molecule has 6 N–H and O–H groups in total. The number of hydrogen-bond donors (Lipinski definition) is 6. The molecule has 0 saturated heterocycles. The normalized spacial score (nSPS) is 14.4. The number of carbonyl (C=O) groups excluding carboxylic acids is 1. The number of ketones is 1. The number of fused-ring (bicyclic) bond motifs is 2. The van der Waals surface area contributed by atoms with Crippen molar-refractivity contribution >= 4 is 109 Å². The molecule has 1 aliphatic carbocycles. The highest BCUT2D eigenvalue weighted by molar-refractivity contribution is 7.91. The fourth-order valence-electron chi connectivity index (χ4n) is 5.27. The number of para-hydroxylation sites is 1. The zero-order valence-corrected chi connectivity index (χ0v) is 31.2. The molecule has 0 atom stereocenters. The van der Waals surface area contributed by atoms with Crippen LogP contribution in [0.25, 0.3) is 16.8 Å². The average molecular weight is 852 g/mol. The average Bonchev–Trinajstić information content (AvgIpc) is 3.08. The van der Waals surface area contributed by atoms with Crippen molar-refractivity contribution in [2.45, 2.75) is 14.7 Å². The van der Waals surface area contributed by atoms with Gasteiger partial charge in [-0.2, -0.15) is 53.7 Å². The van der Waals surface area contributed by atoms with Gasteiger partial charge in [-0.15, -0.1) is 0 Å². The lowest BCUT2D eigenvalue weighted by Crippen LogP contribution is -2.27. The Hall–Kier alpha value is -5.44. The first-order chi connectivity index (χ1) is 25.5. The van der Waals surface area contributed by atoms with Crippen molar-refractivity contribution < 1.29 is 56.7 Å². The van der Waals surface area contributed by atoms with E-state index in [-0.39, 0.29) is 34.0 Å². The molecule has 0 saturated carbocycles. The highest BCUT2D eigenvalue weighted by atomic mass is 35.5. The fraction of sp³-hybridized carbons (Fsp3) is 0.0333. The van der Waals surface area contributed by atoms with Crippen LogP contribution in [0.15, 0.2) is 97.5 Å². The van der Waals surface area contributed by atoms with E-state index in [9.17, 15) is 56.7 Å². The zero-order chi connectivity index (χ0) is 40.2. The molecule has 5 aromatic rings. The van der Waals surface area contributed by atoms with Crippen molar-refractivity contribution in [2.24, 2.45) is 5.10 Å². The van der Waals surface area contributed by atoms with E-state index in [1.54, 1.807) is 36.2 Å². The molecular formula is C30H22ClN7O13S4. The molecule has 0 amide bonds. The minimum absolute atomic E-state index is 0.0401. The SMILES string of the molecule is CN(c1ccccc1)c1nc(Cl)nc(Nc2ccc3c(c2)C=C(S(=O)(=O)O)/C(=N/Nc2cc4c(S(=O)(=O)O)cc(S(=O)(=O)O)cc4cc2S(=O)(=O)O)C3=O)n1. The van der Waals surface area contributed by atoms with E-state index in [4.69, 9.17) is 11.6 Å². The Bertz CT molecular complexity index is 2980. The van der Waals surface area contributed by atoms with Gasteiger partial charge in [0.05, 0.1) is 10.6 Å². The van der Waals surface area contributed by atoms with Gasteiger partial charge in [0.25, 0.3) is 40.5 Å². The molecule has 0 unspecified atom stereocenters. The second-order valence-electron chi connectivity index (χ2n) is 11.4. The van der Waals surface area contributed by atoms with Crippen molar-refractivity contribution in [2.75, 3.05) is 22.7 Å². The maximum Gasteiger partial charge on any atom is 0.296 e. The smallest absolute Gasteiger partial charge is 0.296 e. The molecule has 1 aliphatic rings. The van der Waals surface area contributed by atoms with Crippen LogP contribution in [0.2, 0.25) is 5.28 Å². The van der Waals surface area contributed by atoms with E-state index < -0.39 is 88.0 Å². The molecular weight excluding hydrogens is 830 g/mol. The predicted octanol–water partition coefficient (Wildman–Crippen LogP) is 3.82. The van der Waals surface area contributed by atoms with Gasteiger partial charge >= 0.3 is 0 Å². The van der Waals surface area contributed by atoms with E-state index in [0.717, 1.165) is 11.8 Å². The van der Waals surface area contributed by atoms with Gasteiger partial charge in [0.15, 0.2) is 5.71 Å². The summed E-state index contributed by atoms with van der Waals surface area (Å²) in [6.07, 6.45) is 0.865. The molecule has 0 fully saturated rings. The summed E-state index contributed by atoms with van der Waals surface area (Å²) in [5, 5.41) is 5.27. The Morgan fingerprint density at radius 2 is 1.42 bits per heavy atom. The van der Waals surface area contributed by atoms with Crippen molar-refractivity contribution in [3.63, 3.8) is 0 Å². The standard InChI is InChI=1S/C30H22ClN7O13S4/c1-38(18-5-3-2-4-6-18)30-34-28(31)33-29(35-30)32-17-7-8-20-15(9-17)12-25(55(49,50)51)26(27(20)39)37-36-22-14-21-16(11-24(22)54(46,47)48)10-19(52(40,41)42)13-23(21)53(43,44)45/h2-14,36H,1H3,(H,40,41,42)(H,43,44,45)(H,46,47,48)(H,49,50,51)(H,32,33,34,35)/b37-26-. The van der Waals surface area contributed by atoms with Crippen molar-refractivity contribution in [1.29, 1.82) is 0 Å². The zero-order valence-electron chi connectivity index (χ0n) is 27.2. The first-order valence-electron chi connectivity index (χ1n) is 14.7. The van der Waals surface area contributed by atoms with Gasteiger partial charge in [0, 0.05) is 29.4 Å². The molecule has 1 aromatic heterocycles. The molecule has 0 aliphatic heterocycles. The monoisotopic (exact) mass is 851 g/mol. The van der Waals surface area contributed by atoms with E-state index in [2.05, 4.69) is 30.8 Å². The molecule has 286 valence electrons. The minimum atomic E-state index is -5.29. The van der Waals surface area contributed by atoms with Crippen LogP contribution in [0, 0.1) is 0 Å². The van der Waals surface area contributed by atoms with Crippen molar-refractivity contribution in [3.8, 4) is 0 Å². The van der Waals surface area contributed by atoms with Gasteiger partial charge in [-0.05, 0) is 83.2 Å². The number of anilines is 5. The lowest BCUT2D eigenvalue weighted by atomic mass is 9.94. The number of Topliss-reactive ketones (excluding diaryl/α,β-unsaturated/α-hetero) is 1. The maximum absolute atomic E-state index is 13.7. The van der Waals surface area contributed by atoms with Crippen LogP contribution in [0.5, 0.6) is 0 Å². The summed E-state index contributed by atoms with van der Waals surface area (Å²) in [4.78, 5) is 23.4. The van der Waals surface area contributed by atoms with Crippen LogP contribution < -0.4 is 15.6 Å². The van der Waals surface area contributed by atoms with E-state index in [0.29, 0.717) is 24.3 Å². The number of allylic oxidation sites excluding steroid dienone is 1. The third kappa shape index (κ3) is 8.31. The molecule has 55 heavy (non-hydrogen) atoms. The Morgan fingerprint density at radius 3 is 2.04 bits per heavy atom. The number of halogens is 1. The Kier molecular flexibility index (Phi) is 10.00. The molecule has 0 spiro atoms. The van der Waals surface area contributed by atoms with E-state index in [1.807, 2.05) is 6.07 Å².